The van der Waals surface area contributed by atoms with Crippen molar-refractivity contribution >= 4 is 24.0 Å². The molecule has 7 heteroatoms. The molecule has 1 fully saturated rings. The van der Waals surface area contributed by atoms with Crippen LogP contribution >= 0.6 is 12.4 Å². The standard InChI is InChI=1S/C16H21N5O.ClH/c1-10-9-13(7-8-17-10)16(22)19-14-5-3-12(4-6-14)15-18-11(2)20-21-15;/h3-6,10,13,17H,7-9H2,1-2H3,(H,19,22)(H,18,20,21);1H/t10-,13-;/m0./s1. The molecule has 3 N–H and O–H groups in total. The Bertz CT molecular complexity index is 655. The van der Waals surface area contributed by atoms with Gasteiger partial charge in [0.2, 0.25) is 5.91 Å². The number of H-pyrrole nitrogens is 1. The van der Waals surface area contributed by atoms with E-state index in [-0.39, 0.29) is 24.2 Å². The number of halogens is 1. The third kappa shape index (κ3) is 4.30. The minimum Gasteiger partial charge on any atom is -0.326 e. The maximum atomic E-state index is 12.3. The second-order valence-electron chi connectivity index (χ2n) is 5.89. The van der Waals surface area contributed by atoms with E-state index < -0.39 is 0 Å². The molecule has 1 aliphatic heterocycles. The largest absolute Gasteiger partial charge is 0.326 e. The van der Waals surface area contributed by atoms with Crippen LogP contribution in [0.5, 0.6) is 0 Å². The van der Waals surface area contributed by atoms with Crippen LogP contribution in [0.4, 0.5) is 5.69 Å². The Labute approximate surface area is 141 Å². The Morgan fingerprint density at radius 2 is 2.04 bits per heavy atom. The normalized spacial score (nSPS) is 20.6. The van der Waals surface area contributed by atoms with Crippen molar-refractivity contribution in [2.24, 2.45) is 5.92 Å². The van der Waals surface area contributed by atoms with Gasteiger partial charge in [-0.25, -0.2) is 4.98 Å². The molecule has 124 valence electrons. The van der Waals surface area contributed by atoms with Crippen molar-refractivity contribution in [3.05, 3.63) is 30.1 Å². The van der Waals surface area contributed by atoms with Gasteiger partial charge in [0.25, 0.3) is 0 Å². The highest BCUT2D eigenvalue weighted by molar-refractivity contribution is 5.92. The molecule has 2 aromatic rings. The zero-order chi connectivity index (χ0) is 15.5. The zero-order valence-electron chi connectivity index (χ0n) is 13.3. The minimum absolute atomic E-state index is 0. The number of nitrogens with zero attached hydrogens (tertiary/aromatic N) is 2. The lowest BCUT2D eigenvalue weighted by atomic mass is 9.92. The molecule has 0 spiro atoms. The van der Waals surface area contributed by atoms with E-state index >= 15 is 0 Å². The predicted octanol–water partition coefficient (Wildman–Crippen LogP) is 2.53. The first kappa shape index (κ1) is 17.4. The third-order valence-corrected chi connectivity index (χ3v) is 4.00. The molecule has 3 rings (SSSR count). The molecule has 0 unspecified atom stereocenters. The van der Waals surface area contributed by atoms with Crippen LogP contribution in [0.3, 0.4) is 0 Å². The van der Waals surface area contributed by atoms with E-state index in [9.17, 15) is 4.79 Å². The summed E-state index contributed by atoms with van der Waals surface area (Å²) < 4.78 is 0. The van der Waals surface area contributed by atoms with E-state index in [2.05, 4.69) is 32.7 Å². The minimum atomic E-state index is 0. The van der Waals surface area contributed by atoms with E-state index in [0.717, 1.165) is 36.5 Å². The number of anilines is 1. The molecule has 2 atom stereocenters. The van der Waals surface area contributed by atoms with E-state index in [1.165, 1.54) is 0 Å². The van der Waals surface area contributed by atoms with Crippen LogP contribution in [-0.2, 0) is 4.79 Å². The molecule has 1 aromatic carbocycles. The highest BCUT2D eigenvalue weighted by Gasteiger charge is 2.24. The predicted molar refractivity (Wildman–Crippen MR) is 92.6 cm³/mol. The Kier molecular flexibility index (Phi) is 5.74. The van der Waals surface area contributed by atoms with Gasteiger partial charge in [-0.3, -0.25) is 9.89 Å². The molecule has 23 heavy (non-hydrogen) atoms. The van der Waals surface area contributed by atoms with Crippen LogP contribution < -0.4 is 10.6 Å². The lowest BCUT2D eigenvalue weighted by molar-refractivity contribution is -0.120. The van der Waals surface area contributed by atoms with Gasteiger partial charge < -0.3 is 10.6 Å². The molecule has 1 saturated heterocycles. The van der Waals surface area contributed by atoms with Crippen molar-refractivity contribution in [1.29, 1.82) is 0 Å². The van der Waals surface area contributed by atoms with Gasteiger partial charge in [0, 0.05) is 23.2 Å². The van der Waals surface area contributed by atoms with Crippen molar-refractivity contribution in [3.63, 3.8) is 0 Å². The molecule has 0 saturated carbocycles. The topological polar surface area (TPSA) is 82.7 Å². The Morgan fingerprint density at radius 3 is 2.65 bits per heavy atom. The van der Waals surface area contributed by atoms with Crippen LogP contribution in [0.15, 0.2) is 24.3 Å². The van der Waals surface area contributed by atoms with Gasteiger partial charge in [-0.2, -0.15) is 5.10 Å². The fraction of sp³-hybridized carbons (Fsp3) is 0.438. The second kappa shape index (κ2) is 7.57. The number of aromatic amines is 1. The first-order chi connectivity index (χ1) is 10.6. The fourth-order valence-corrected chi connectivity index (χ4v) is 2.79. The first-order valence-corrected chi connectivity index (χ1v) is 7.65. The Balaban J connectivity index is 0.00000192. The smallest absolute Gasteiger partial charge is 0.227 e. The summed E-state index contributed by atoms with van der Waals surface area (Å²) in [5.74, 6) is 1.65. The number of piperidine rings is 1. The summed E-state index contributed by atoms with van der Waals surface area (Å²) in [6.45, 7) is 4.89. The third-order valence-electron chi connectivity index (χ3n) is 4.00. The molecule has 0 aliphatic carbocycles. The molecule has 1 aliphatic rings. The monoisotopic (exact) mass is 335 g/mol. The average molecular weight is 336 g/mol. The summed E-state index contributed by atoms with van der Waals surface area (Å²) >= 11 is 0. The molecule has 0 radical (unpaired) electrons. The number of carbonyl (C=O) groups excluding carboxylic acids is 1. The summed E-state index contributed by atoms with van der Waals surface area (Å²) in [6, 6.07) is 8.03. The number of amides is 1. The summed E-state index contributed by atoms with van der Waals surface area (Å²) in [5, 5.41) is 13.3. The molecule has 1 amide bonds. The number of hydrogen-bond acceptors (Lipinski definition) is 4. The summed E-state index contributed by atoms with van der Waals surface area (Å²) in [4.78, 5) is 16.6. The molecule has 2 heterocycles. The van der Waals surface area contributed by atoms with Crippen LogP contribution in [0, 0.1) is 12.8 Å². The lowest BCUT2D eigenvalue weighted by Crippen LogP contribution is -2.40. The number of carbonyl (C=O) groups is 1. The van der Waals surface area contributed by atoms with E-state index in [0.29, 0.717) is 11.9 Å². The summed E-state index contributed by atoms with van der Waals surface area (Å²) in [6.07, 6.45) is 1.78. The highest BCUT2D eigenvalue weighted by atomic mass is 35.5. The second-order valence-corrected chi connectivity index (χ2v) is 5.89. The Morgan fingerprint density at radius 1 is 1.30 bits per heavy atom. The van der Waals surface area contributed by atoms with Gasteiger partial charge in [0.05, 0.1) is 0 Å². The maximum absolute atomic E-state index is 12.3. The number of hydrogen-bond donors (Lipinski definition) is 3. The SMILES string of the molecule is Cc1nc(-c2ccc(NC(=O)[C@H]3CCN[C@@H](C)C3)cc2)n[nH]1.Cl. The fourth-order valence-electron chi connectivity index (χ4n) is 2.79. The number of nitrogens with one attached hydrogen (secondary N) is 3. The molecular formula is C16H22ClN5O. The Hall–Kier alpha value is -1.92. The van der Waals surface area contributed by atoms with Gasteiger partial charge in [-0.15, -0.1) is 12.4 Å². The van der Waals surface area contributed by atoms with E-state index in [4.69, 9.17) is 0 Å². The van der Waals surface area contributed by atoms with Gasteiger partial charge >= 0.3 is 0 Å². The average Bonchev–Trinajstić information content (AvgIpc) is 2.94. The van der Waals surface area contributed by atoms with Crippen LogP contribution in [0.1, 0.15) is 25.6 Å². The zero-order valence-corrected chi connectivity index (χ0v) is 14.1. The van der Waals surface area contributed by atoms with E-state index in [1.807, 2.05) is 31.2 Å². The maximum Gasteiger partial charge on any atom is 0.227 e. The summed E-state index contributed by atoms with van der Waals surface area (Å²) in [5.41, 5.74) is 1.74. The van der Waals surface area contributed by atoms with Gasteiger partial charge in [-0.05, 0) is 57.5 Å². The van der Waals surface area contributed by atoms with E-state index in [1.54, 1.807) is 0 Å². The number of rotatable bonds is 3. The van der Waals surface area contributed by atoms with Gasteiger partial charge in [0.1, 0.15) is 5.82 Å². The van der Waals surface area contributed by atoms with Gasteiger partial charge in [0.15, 0.2) is 5.82 Å². The van der Waals surface area contributed by atoms with Crippen molar-refractivity contribution < 1.29 is 4.79 Å². The van der Waals surface area contributed by atoms with Crippen LogP contribution in [-0.4, -0.2) is 33.7 Å². The number of aryl methyl sites for hydroxylation is 1. The highest BCUT2D eigenvalue weighted by Crippen LogP contribution is 2.21. The van der Waals surface area contributed by atoms with Gasteiger partial charge in [-0.1, -0.05) is 0 Å². The van der Waals surface area contributed by atoms with Crippen LogP contribution in [0.25, 0.3) is 11.4 Å². The number of aromatic nitrogens is 3. The van der Waals surface area contributed by atoms with Crippen molar-refractivity contribution in [2.75, 3.05) is 11.9 Å². The lowest BCUT2D eigenvalue weighted by Gasteiger charge is -2.27. The number of benzene rings is 1. The first-order valence-electron chi connectivity index (χ1n) is 7.65. The van der Waals surface area contributed by atoms with Crippen molar-refractivity contribution in [2.45, 2.75) is 32.7 Å². The van der Waals surface area contributed by atoms with Crippen molar-refractivity contribution in [3.8, 4) is 11.4 Å². The molecule has 0 bridgehead atoms. The van der Waals surface area contributed by atoms with Crippen molar-refractivity contribution in [1.82, 2.24) is 20.5 Å². The quantitative estimate of drug-likeness (QED) is 0.805. The van der Waals surface area contributed by atoms with Crippen LogP contribution in [0.2, 0.25) is 0 Å². The molecule has 6 nitrogen and oxygen atoms in total. The summed E-state index contributed by atoms with van der Waals surface area (Å²) in [7, 11) is 0. The molecule has 1 aromatic heterocycles. The molecular weight excluding hydrogens is 314 g/mol.